The van der Waals surface area contributed by atoms with Crippen LogP contribution < -0.4 is 5.32 Å². The van der Waals surface area contributed by atoms with E-state index in [-0.39, 0.29) is 6.04 Å². The minimum Gasteiger partial charge on any atom is -0.380 e. The summed E-state index contributed by atoms with van der Waals surface area (Å²) in [4.78, 5) is 0. The van der Waals surface area contributed by atoms with Crippen molar-refractivity contribution in [2.75, 3.05) is 19.8 Å². The second-order valence-corrected chi connectivity index (χ2v) is 4.04. The quantitative estimate of drug-likeness (QED) is 0.569. The molecule has 0 bridgehead atoms. The summed E-state index contributed by atoms with van der Waals surface area (Å²) in [5.41, 5.74) is 0.722. The molecular weight excluding hydrogens is 236 g/mol. The maximum atomic E-state index is 13.0. The van der Waals surface area contributed by atoms with Gasteiger partial charge in [0.05, 0.1) is 13.2 Å². The van der Waals surface area contributed by atoms with Gasteiger partial charge in [0.25, 0.3) is 0 Å². The third kappa shape index (κ3) is 4.94. The third-order valence-electron chi connectivity index (χ3n) is 2.61. The molecule has 0 aliphatic carbocycles. The van der Waals surface area contributed by atoms with Crippen LogP contribution in [0.25, 0.3) is 0 Å². The molecule has 4 heteroatoms. The van der Waals surface area contributed by atoms with Crippen molar-refractivity contribution in [1.82, 2.24) is 5.32 Å². The largest absolute Gasteiger partial charge is 0.380 e. The summed E-state index contributed by atoms with van der Waals surface area (Å²) in [5.74, 6) is -1.64. The molecule has 0 fully saturated rings. The van der Waals surface area contributed by atoms with E-state index in [1.165, 1.54) is 6.07 Å². The molecule has 0 aliphatic heterocycles. The monoisotopic (exact) mass is 255 g/mol. The molecule has 0 heterocycles. The molecule has 1 rings (SSSR count). The van der Waals surface area contributed by atoms with Gasteiger partial charge in [-0.1, -0.05) is 12.1 Å². The first kappa shape index (κ1) is 14.8. The fraction of sp³-hybridized carbons (Fsp3) is 0.429. The van der Waals surface area contributed by atoms with Crippen molar-refractivity contribution in [2.24, 2.45) is 0 Å². The summed E-state index contributed by atoms with van der Waals surface area (Å²) in [6.45, 7) is 7.41. The average Bonchev–Trinajstić information content (AvgIpc) is 2.36. The van der Waals surface area contributed by atoms with Gasteiger partial charge in [-0.15, -0.1) is 6.58 Å². The van der Waals surface area contributed by atoms with Crippen LogP contribution in [0.3, 0.4) is 0 Å². The lowest BCUT2D eigenvalue weighted by Gasteiger charge is -2.14. The number of hydrogen-bond acceptors (Lipinski definition) is 2. The molecule has 0 aliphatic rings. The van der Waals surface area contributed by atoms with Gasteiger partial charge in [0.2, 0.25) is 0 Å². The highest BCUT2D eigenvalue weighted by atomic mass is 19.2. The Bertz CT molecular complexity index is 382. The standard InChI is InChI=1S/C14H19F2NO/c1-3-4-8-18-9-7-17-11(2)12-5-6-13(15)14(16)10-12/h3,5-6,10-11,17H,1,4,7-9H2,2H3. The summed E-state index contributed by atoms with van der Waals surface area (Å²) < 4.78 is 31.1. The third-order valence-corrected chi connectivity index (χ3v) is 2.61. The predicted molar refractivity (Wildman–Crippen MR) is 68.4 cm³/mol. The topological polar surface area (TPSA) is 21.3 Å². The van der Waals surface area contributed by atoms with Crippen molar-refractivity contribution in [1.29, 1.82) is 0 Å². The molecule has 100 valence electrons. The molecular formula is C14H19F2NO. The minimum absolute atomic E-state index is 0.0388. The van der Waals surface area contributed by atoms with Crippen molar-refractivity contribution < 1.29 is 13.5 Å². The van der Waals surface area contributed by atoms with Crippen LogP contribution in [0.5, 0.6) is 0 Å². The molecule has 0 saturated carbocycles. The number of hydrogen-bond donors (Lipinski definition) is 1. The van der Waals surface area contributed by atoms with Crippen LogP contribution in [0.1, 0.15) is 24.9 Å². The van der Waals surface area contributed by atoms with Crippen LogP contribution in [0.15, 0.2) is 30.9 Å². The van der Waals surface area contributed by atoms with Crippen molar-refractivity contribution in [3.8, 4) is 0 Å². The van der Waals surface area contributed by atoms with E-state index in [1.807, 2.05) is 6.92 Å². The van der Waals surface area contributed by atoms with E-state index in [0.717, 1.165) is 18.1 Å². The highest BCUT2D eigenvalue weighted by molar-refractivity contribution is 5.20. The van der Waals surface area contributed by atoms with Crippen molar-refractivity contribution >= 4 is 0 Å². The number of rotatable bonds is 8. The molecule has 0 saturated heterocycles. The minimum atomic E-state index is -0.821. The summed E-state index contributed by atoms with van der Waals surface area (Å²) in [6.07, 6.45) is 2.63. The summed E-state index contributed by atoms with van der Waals surface area (Å²) in [6, 6.07) is 3.90. The van der Waals surface area contributed by atoms with E-state index in [9.17, 15) is 8.78 Å². The Morgan fingerprint density at radius 2 is 2.11 bits per heavy atom. The van der Waals surface area contributed by atoms with Gasteiger partial charge in [0, 0.05) is 12.6 Å². The molecule has 1 atom stereocenters. The van der Waals surface area contributed by atoms with Gasteiger partial charge in [0.1, 0.15) is 0 Å². The highest BCUT2D eigenvalue weighted by Crippen LogP contribution is 2.15. The van der Waals surface area contributed by atoms with Gasteiger partial charge < -0.3 is 10.1 Å². The van der Waals surface area contributed by atoms with E-state index >= 15 is 0 Å². The van der Waals surface area contributed by atoms with Crippen molar-refractivity contribution in [3.63, 3.8) is 0 Å². The summed E-state index contributed by atoms with van der Waals surface area (Å²) >= 11 is 0. The molecule has 0 spiro atoms. The Morgan fingerprint density at radius 1 is 1.33 bits per heavy atom. The summed E-state index contributed by atoms with van der Waals surface area (Å²) in [5, 5.41) is 3.18. The molecule has 0 radical (unpaired) electrons. The lowest BCUT2D eigenvalue weighted by Crippen LogP contribution is -2.23. The van der Waals surface area contributed by atoms with Gasteiger partial charge >= 0.3 is 0 Å². The number of benzene rings is 1. The first-order valence-electron chi connectivity index (χ1n) is 6.02. The van der Waals surface area contributed by atoms with Crippen LogP contribution in [-0.2, 0) is 4.74 Å². The molecule has 0 aromatic heterocycles. The Kier molecular flexibility index (Phi) is 6.54. The lowest BCUT2D eigenvalue weighted by atomic mass is 10.1. The molecule has 1 N–H and O–H groups in total. The van der Waals surface area contributed by atoms with Crippen LogP contribution >= 0.6 is 0 Å². The fourth-order valence-electron chi connectivity index (χ4n) is 1.52. The predicted octanol–water partition coefficient (Wildman–Crippen LogP) is 3.21. The van der Waals surface area contributed by atoms with E-state index < -0.39 is 11.6 Å². The first-order chi connectivity index (χ1) is 8.65. The van der Waals surface area contributed by atoms with Gasteiger partial charge in [-0.3, -0.25) is 0 Å². The molecule has 1 aromatic carbocycles. The second-order valence-electron chi connectivity index (χ2n) is 4.04. The lowest BCUT2D eigenvalue weighted by molar-refractivity contribution is 0.138. The second kappa shape index (κ2) is 7.95. The Balaban J connectivity index is 2.29. The molecule has 18 heavy (non-hydrogen) atoms. The van der Waals surface area contributed by atoms with E-state index in [1.54, 1.807) is 12.1 Å². The van der Waals surface area contributed by atoms with Crippen molar-refractivity contribution in [2.45, 2.75) is 19.4 Å². The van der Waals surface area contributed by atoms with E-state index in [0.29, 0.717) is 19.8 Å². The number of halogens is 2. The maximum absolute atomic E-state index is 13.0. The molecule has 2 nitrogen and oxygen atoms in total. The number of nitrogens with one attached hydrogen (secondary N) is 1. The zero-order valence-electron chi connectivity index (χ0n) is 10.6. The Morgan fingerprint density at radius 3 is 2.78 bits per heavy atom. The molecule has 1 unspecified atom stereocenters. The Hall–Kier alpha value is -1.26. The van der Waals surface area contributed by atoms with Crippen LogP contribution in [0.2, 0.25) is 0 Å². The maximum Gasteiger partial charge on any atom is 0.159 e. The fourth-order valence-corrected chi connectivity index (χ4v) is 1.52. The normalized spacial score (nSPS) is 12.4. The zero-order chi connectivity index (χ0) is 13.4. The average molecular weight is 255 g/mol. The molecule has 1 aromatic rings. The van der Waals surface area contributed by atoms with Crippen LogP contribution in [-0.4, -0.2) is 19.8 Å². The summed E-state index contributed by atoms with van der Waals surface area (Å²) in [7, 11) is 0. The van der Waals surface area contributed by atoms with Gasteiger partial charge in [-0.05, 0) is 31.0 Å². The smallest absolute Gasteiger partial charge is 0.159 e. The number of ether oxygens (including phenoxy) is 1. The Labute approximate surface area is 107 Å². The highest BCUT2D eigenvalue weighted by Gasteiger charge is 2.08. The van der Waals surface area contributed by atoms with Crippen LogP contribution in [0.4, 0.5) is 8.78 Å². The van der Waals surface area contributed by atoms with E-state index in [4.69, 9.17) is 4.74 Å². The van der Waals surface area contributed by atoms with Gasteiger partial charge in [-0.2, -0.15) is 0 Å². The SMILES string of the molecule is C=CCCOCCNC(C)c1ccc(F)c(F)c1. The van der Waals surface area contributed by atoms with Gasteiger partial charge in [-0.25, -0.2) is 8.78 Å². The molecule has 0 amide bonds. The first-order valence-corrected chi connectivity index (χ1v) is 6.02. The van der Waals surface area contributed by atoms with Crippen LogP contribution in [0, 0.1) is 11.6 Å². The van der Waals surface area contributed by atoms with Crippen molar-refractivity contribution in [3.05, 3.63) is 48.1 Å². The van der Waals surface area contributed by atoms with E-state index in [2.05, 4.69) is 11.9 Å². The zero-order valence-corrected chi connectivity index (χ0v) is 10.6. The van der Waals surface area contributed by atoms with Gasteiger partial charge in [0.15, 0.2) is 11.6 Å².